The monoisotopic (exact) mass is 315 g/mol. The van der Waals surface area contributed by atoms with Crippen LogP contribution >= 0.6 is 11.6 Å². The average Bonchev–Trinajstić information content (AvgIpc) is 2.26. The minimum atomic E-state index is -1.20. The fourth-order valence-electron chi connectivity index (χ4n) is 1.55. The summed E-state index contributed by atoms with van der Waals surface area (Å²) < 4.78 is 5.13. The molecule has 1 unspecified atom stereocenters. The Kier molecular flexibility index (Phi) is 6.04. The summed E-state index contributed by atoms with van der Waals surface area (Å²) in [7, 11) is -1.20. The van der Waals surface area contributed by atoms with Crippen molar-refractivity contribution in [3.05, 3.63) is 28.8 Å². The highest BCUT2D eigenvalue weighted by Crippen LogP contribution is 2.26. The Morgan fingerprint density at radius 3 is 2.60 bits per heavy atom. The number of nitrogens with one attached hydrogen (secondary N) is 1. The molecule has 0 saturated carbocycles. The summed E-state index contributed by atoms with van der Waals surface area (Å²) in [5, 5.41) is 12.5. The third kappa shape index (κ3) is 5.94. The van der Waals surface area contributed by atoms with E-state index in [0.29, 0.717) is 22.9 Å². The zero-order valence-corrected chi connectivity index (χ0v) is 14.1. The Labute approximate surface area is 126 Å². The number of ether oxygens (including phenoxy) is 1. The second-order valence-electron chi connectivity index (χ2n) is 5.98. The first-order valence-corrected chi connectivity index (χ1v) is 10.7. The van der Waals surface area contributed by atoms with Crippen LogP contribution in [0.25, 0.3) is 0 Å². The Hall–Kier alpha value is -1.04. The number of benzene rings is 1. The fourth-order valence-corrected chi connectivity index (χ4v) is 2.60. The van der Waals surface area contributed by atoms with Crippen LogP contribution in [0.15, 0.2) is 18.2 Å². The average molecular weight is 316 g/mol. The van der Waals surface area contributed by atoms with Gasteiger partial charge in [-0.25, -0.2) is 4.79 Å². The van der Waals surface area contributed by atoms with Gasteiger partial charge >= 0.3 is 6.09 Å². The standard InChI is InChI=1S/C14H22ClNO3Si/c1-10(17)12-6-5-11(9-13(12)15)16-14(18)19-7-8-20(2,3)4/h5-6,9-10,17H,7-8H2,1-4H3,(H,16,18). The van der Waals surface area contributed by atoms with Crippen molar-refractivity contribution in [1.29, 1.82) is 0 Å². The van der Waals surface area contributed by atoms with E-state index in [1.165, 1.54) is 0 Å². The number of aliphatic hydroxyl groups excluding tert-OH is 1. The van der Waals surface area contributed by atoms with Crippen LogP contribution in [-0.4, -0.2) is 25.9 Å². The molecule has 0 aromatic heterocycles. The van der Waals surface area contributed by atoms with Gasteiger partial charge in [0.15, 0.2) is 0 Å². The quantitative estimate of drug-likeness (QED) is 0.797. The third-order valence-corrected chi connectivity index (χ3v) is 4.81. The number of carbonyl (C=O) groups is 1. The number of rotatable bonds is 5. The van der Waals surface area contributed by atoms with Gasteiger partial charge in [-0.3, -0.25) is 5.32 Å². The molecule has 20 heavy (non-hydrogen) atoms. The van der Waals surface area contributed by atoms with Crippen molar-refractivity contribution in [2.75, 3.05) is 11.9 Å². The highest BCUT2D eigenvalue weighted by Gasteiger charge is 2.14. The van der Waals surface area contributed by atoms with E-state index in [0.717, 1.165) is 6.04 Å². The molecule has 0 saturated heterocycles. The van der Waals surface area contributed by atoms with Crippen LogP contribution < -0.4 is 5.32 Å². The van der Waals surface area contributed by atoms with E-state index in [4.69, 9.17) is 16.3 Å². The maximum absolute atomic E-state index is 11.6. The van der Waals surface area contributed by atoms with Crippen LogP contribution in [0.1, 0.15) is 18.6 Å². The molecule has 0 heterocycles. The van der Waals surface area contributed by atoms with Crippen molar-refractivity contribution in [1.82, 2.24) is 0 Å². The first kappa shape index (κ1) is 17.0. The predicted octanol–water partition coefficient (Wildman–Crippen LogP) is 4.28. The summed E-state index contributed by atoms with van der Waals surface area (Å²) in [6.45, 7) is 8.74. The normalized spacial score (nSPS) is 12.9. The number of carbonyl (C=O) groups excluding carboxylic acids is 1. The van der Waals surface area contributed by atoms with Gasteiger partial charge in [-0.2, -0.15) is 0 Å². The van der Waals surface area contributed by atoms with Crippen LogP contribution in [0.2, 0.25) is 30.7 Å². The molecule has 1 amide bonds. The molecule has 1 atom stereocenters. The van der Waals surface area contributed by atoms with Crippen molar-refractivity contribution in [3.63, 3.8) is 0 Å². The van der Waals surface area contributed by atoms with Crippen LogP contribution in [0.3, 0.4) is 0 Å². The summed E-state index contributed by atoms with van der Waals surface area (Å²) in [4.78, 5) is 11.6. The lowest BCUT2D eigenvalue weighted by molar-refractivity contribution is 0.167. The molecule has 1 aromatic rings. The summed E-state index contributed by atoms with van der Waals surface area (Å²) in [6.07, 6.45) is -1.12. The number of halogens is 1. The van der Waals surface area contributed by atoms with E-state index in [1.54, 1.807) is 25.1 Å². The fraction of sp³-hybridized carbons (Fsp3) is 0.500. The molecular weight excluding hydrogens is 294 g/mol. The van der Waals surface area contributed by atoms with E-state index in [1.807, 2.05) is 0 Å². The summed E-state index contributed by atoms with van der Waals surface area (Å²) in [5.74, 6) is 0. The molecule has 0 aliphatic carbocycles. The predicted molar refractivity (Wildman–Crippen MR) is 85.2 cm³/mol. The molecule has 1 aromatic carbocycles. The molecule has 0 spiro atoms. The second kappa shape index (κ2) is 7.11. The third-order valence-electron chi connectivity index (χ3n) is 2.78. The van der Waals surface area contributed by atoms with Gasteiger partial charge in [0.1, 0.15) is 0 Å². The molecule has 0 aliphatic rings. The van der Waals surface area contributed by atoms with Crippen LogP contribution in [-0.2, 0) is 4.74 Å². The Bertz CT molecular complexity index is 472. The molecule has 0 bridgehead atoms. The van der Waals surface area contributed by atoms with E-state index >= 15 is 0 Å². The number of aliphatic hydroxyl groups is 1. The smallest absolute Gasteiger partial charge is 0.411 e. The molecule has 0 fully saturated rings. The molecule has 0 aliphatic heterocycles. The zero-order valence-electron chi connectivity index (χ0n) is 12.4. The van der Waals surface area contributed by atoms with Crippen molar-refractivity contribution in [3.8, 4) is 0 Å². The minimum Gasteiger partial charge on any atom is -0.450 e. The lowest BCUT2D eigenvalue weighted by Gasteiger charge is -2.15. The Balaban J connectivity index is 2.52. The van der Waals surface area contributed by atoms with Crippen LogP contribution in [0.5, 0.6) is 0 Å². The van der Waals surface area contributed by atoms with Gasteiger partial charge in [-0.1, -0.05) is 37.3 Å². The second-order valence-corrected chi connectivity index (χ2v) is 12.0. The van der Waals surface area contributed by atoms with Gasteiger partial charge in [0.25, 0.3) is 0 Å². The molecule has 4 nitrogen and oxygen atoms in total. The molecule has 1 rings (SSSR count). The van der Waals surface area contributed by atoms with E-state index in [9.17, 15) is 9.90 Å². The molecular formula is C14H22ClNO3Si. The number of amides is 1. The number of hydrogen-bond acceptors (Lipinski definition) is 3. The van der Waals surface area contributed by atoms with Gasteiger partial charge in [-0.15, -0.1) is 0 Å². The van der Waals surface area contributed by atoms with E-state index in [-0.39, 0.29) is 0 Å². The summed E-state index contributed by atoms with van der Waals surface area (Å²) in [6, 6.07) is 5.91. The molecule has 6 heteroatoms. The maximum atomic E-state index is 11.6. The van der Waals surface area contributed by atoms with Crippen molar-refractivity contribution < 1.29 is 14.6 Å². The SMILES string of the molecule is CC(O)c1ccc(NC(=O)OCC[Si](C)(C)C)cc1Cl. The topological polar surface area (TPSA) is 58.6 Å². The van der Waals surface area contributed by atoms with Crippen LogP contribution in [0.4, 0.5) is 10.5 Å². The molecule has 2 N–H and O–H groups in total. The van der Waals surface area contributed by atoms with Gasteiger partial charge in [0, 0.05) is 18.8 Å². The lowest BCUT2D eigenvalue weighted by Crippen LogP contribution is -2.24. The van der Waals surface area contributed by atoms with Crippen LogP contribution in [0, 0.1) is 0 Å². The maximum Gasteiger partial charge on any atom is 0.411 e. The molecule has 112 valence electrons. The Morgan fingerprint density at radius 2 is 2.10 bits per heavy atom. The van der Waals surface area contributed by atoms with Gasteiger partial charge in [-0.05, 0) is 30.7 Å². The van der Waals surface area contributed by atoms with Gasteiger partial charge in [0.05, 0.1) is 12.7 Å². The number of anilines is 1. The van der Waals surface area contributed by atoms with Crippen molar-refractivity contribution in [2.24, 2.45) is 0 Å². The summed E-state index contributed by atoms with van der Waals surface area (Å²) in [5.41, 5.74) is 1.18. The highest BCUT2D eigenvalue weighted by atomic mass is 35.5. The van der Waals surface area contributed by atoms with Gasteiger partial charge in [0.2, 0.25) is 0 Å². The first-order chi connectivity index (χ1) is 9.19. The number of hydrogen-bond donors (Lipinski definition) is 2. The largest absolute Gasteiger partial charge is 0.450 e. The van der Waals surface area contributed by atoms with Gasteiger partial charge < -0.3 is 9.84 Å². The minimum absolute atomic E-state index is 0.417. The first-order valence-electron chi connectivity index (χ1n) is 6.60. The lowest BCUT2D eigenvalue weighted by atomic mass is 10.1. The Morgan fingerprint density at radius 1 is 1.45 bits per heavy atom. The van der Waals surface area contributed by atoms with E-state index in [2.05, 4.69) is 25.0 Å². The summed E-state index contributed by atoms with van der Waals surface area (Å²) >= 11 is 6.03. The molecule has 0 radical (unpaired) electrons. The zero-order chi connectivity index (χ0) is 15.3. The van der Waals surface area contributed by atoms with E-state index < -0.39 is 20.3 Å². The van der Waals surface area contributed by atoms with Crippen molar-refractivity contribution >= 4 is 31.5 Å². The highest BCUT2D eigenvalue weighted by molar-refractivity contribution is 6.76. The van der Waals surface area contributed by atoms with Crippen molar-refractivity contribution in [2.45, 2.75) is 38.7 Å².